The lowest BCUT2D eigenvalue weighted by Crippen LogP contribution is -2.43. The number of morpholine rings is 1. The standard InChI is InChI=1S/C36H37F2N5O3S/c37-22-25-4-8-27(9-5-25)28-10-12-29(13-11-28)35-42(17-16-41-18-20-45-21-19-41)33(40-46-35)23-43-32-3-1-2-31(32)34(44)39-36(43)47-24-26-6-14-30(38)15-7-26/h4-15,35H,1-3,16-24H2. The Morgan fingerprint density at radius 3 is 2.30 bits per heavy atom. The van der Waals surface area contributed by atoms with Crippen LogP contribution in [0.15, 0.2) is 87.9 Å². The van der Waals surface area contributed by atoms with Gasteiger partial charge in [-0.25, -0.2) is 8.78 Å². The van der Waals surface area contributed by atoms with Crippen molar-refractivity contribution < 1.29 is 18.4 Å². The monoisotopic (exact) mass is 657 g/mol. The summed E-state index contributed by atoms with van der Waals surface area (Å²) >= 11 is 1.48. The van der Waals surface area contributed by atoms with Crippen LogP contribution < -0.4 is 5.56 Å². The van der Waals surface area contributed by atoms with Crippen molar-refractivity contribution in [2.45, 2.75) is 49.6 Å². The van der Waals surface area contributed by atoms with Crippen LogP contribution in [-0.4, -0.2) is 64.6 Å². The van der Waals surface area contributed by atoms with Crippen LogP contribution in [0.2, 0.25) is 0 Å². The van der Waals surface area contributed by atoms with E-state index in [1.807, 2.05) is 24.3 Å². The van der Waals surface area contributed by atoms with Crippen molar-refractivity contribution in [1.29, 1.82) is 0 Å². The van der Waals surface area contributed by atoms with Crippen molar-refractivity contribution in [3.8, 4) is 11.1 Å². The lowest BCUT2D eigenvalue weighted by molar-refractivity contribution is -0.00294. The maximum atomic E-state index is 13.5. The molecule has 0 amide bonds. The van der Waals surface area contributed by atoms with Gasteiger partial charge in [0, 0.05) is 48.8 Å². The molecule has 2 aliphatic heterocycles. The summed E-state index contributed by atoms with van der Waals surface area (Å²) in [6.07, 6.45) is 2.02. The van der Waals surface area contributed by atoms with Crippen molar-refractivity contribution in [2.75, 3.05) is 39.4 Å². The average Bonchev–Trinajstić information content (AvgIpc) is 3.77. The first-order valence-electron chi connectivity index (χ1n) is 16.1. The molecule has 1 aromatic heterocycles. The van der Waals surface area contributed by atoms with Gasteiger partial charge < -0.3 is 19.0 Å². The first kappa shape index (κ1) is 31.5. The number of alkyl halides is 1. The van der Waals surface area contributed by atoms with Crippen molar-refractivity contribution in [2.24, 2.45) is 5.16 Å². The first-order chi connectivity index (χ1) is 23.1. The maximum absolute atomic E-state index is 13.5. The van der Waals surface area contributed by atoms with Crippen LogP contribution in [-0.2, 0) is 41.4 Å². The largest absolute Gasteiger partial charge is 0.379 e. The van der Waals surface area contributed by atoms with Gasteiger partial charge in [0.1, 0.15) is 12.5 Å². The number of thioether (sulfide) groups is 1. The summed E-state index contributed by atoms with van der Waals surface area (Å²) in [6, 6.07) is 22.2. The van der Waals surface area contributed by atoms with Crippen LogP contribution in [0.3, 0.4) is 0 Å². The predicted molar refractivity (Wildman–Crippen MR) is 178 cm³/mol. The van der Waals surface area contributed by atoms with Gasteiger partial charge in [0.2, 0.25) is 6.23 Å². The van der Waals surface area contributed by atoms with Gasteiger partial charge in [-0.1, -0.05) is 77.6 Å². The van der Waals surface area contributed by atoms with Crippen LogP contribution >= 0.6 is 11.8 Å². The number of rotatable bonds is 11. The Hall–Kier alpha value is -4.06. The third kappa shape index (κ3) is 7.12. The van der Waals surface area contributed by atoms with Gasteiger partial charge in [-0.15, -0.1) is 0 Å². The summed E-state index contributed by atoms with van der Waals surface area (Å²) in [5.41, 5.74) is 6.27. The summed E-state index contributed by atoms with van der Waals surface area (Å²) in [5.74, 6) is 1.05. The van der Waals surface area contributed by atoms with Gasteiger partial charge in [0.05, 0.1) is 19.8 Å². The van der Waals surface area contributed by atoms with Gasteiger partial charge in [-0.3, -0.25) is 9.69 Å². The number of fused-ring (bicyclic) bond motifs is 1. The molecule has 0 N–H and O–H groups in total. The summed E-state index contributed by atoms with van der Waals surface area (Å²) in [7, 11) is 0. The molecule has 8 nitrogen and oxygen atoms in total. The van der Waals surface area contributed by atoms with Gasteiger partial charge >= 0.3 is 0 Å². The second kappa shape index (κ2) is 14.4. The van der Waals surface area contributed by atoms with Gasteiger partial charge in [-0.05, 0) is 53.6 Å². The van der Waals surface area contributed by atoms with Gasteiger partial charge in [0.15, 0.2) is 11.0 Å². The smallest absolute Gasteiger partial charge is 0.277 e. The van der Waals surface area contributed by atoms with E-state index >= 15 is 0 Å². The highest BCUT2D eigenvalue weighted by atomic mass is 32.2. The summed E-state index contributed by atoms with van der Waals surface area (Å²) < 4.78 is 34.3. The molecule has 1 unspecified atom stereocenters. The molecule has 4 aromatic rings. The van der Waals surface area contributed by atoms with Gasteiger partial charge in [0.25, 0.3) is 5.56 Å². The second-order valence-electron chi connectivity index (χ2n) is 12.0. The number of hydrogen-bond donors (Lipinski definition) is 0. The number of oxime groups is 1. The van der Waals surface area contributed by atoms with Crippen molar-refractivity contribution in [3.05, 3.63) is 117 Å². The van der Waals surface area contributed by atoms with E-state index < -0.39 is 12.9 Å². The zero-order chi connectivity index (χ0) is 32.2. The fraction of sp³-hybridized carbons (Fsp3) is 0.361. The fourth-order valence-corrected chi connectivity index (χ4v) is 7.36. The normalized spacial score (nSPS) is 17.9. The number of aromatic nitrogens is 2. The number of amidine groups is 1. The third-order valence-corrected chi connectivity index (χ3v) is 10.1. The minimum atomic E-state index is -0.479. The summed E-state index contributed by atoms with van der Waals surface area (Å²) in [6.45, 7) is 4.66. The van der Waals surface area contributed by atoms with E-state index in [2.05, 4.69) is 48.8 Å². The Bertz CT molecular complexity index is 1780. The lowest BCUT2D eigenvalue weighted by Gasteiger charge is -2.31. The Labute approximate surface area is 277 Å². The van der Waals surface area contributed by atoms with Crippen LogP contribution in [0.5, 0.6) is 0 Å². The Balaban J connectivity index is 1.15. The van der Waals surface area contributed by atoms with E-state index in [-0.39, 0.29) is 11.4 Å². The molecule has 47 heavy (non-hydrogen) atoms. The Kier molecular flexibility index (Phi) is 9.64. The minimum Gasteiger partial charge on any atom is -0.379 e. The molecule has 0 spiro atoms. The van der Waals surface area contributed by atoms with E-state index in [9.17, 15) is 13.6 Å². The Morgan fingerprint density at radius 1 is 0.872 bits per heavy atom. The van der Waals surface area contributed by atoms with Crippen molar-refractivity contribution in [3.63, 3.8) is 0 Å². The predicted octanol–water partition coefficient (Wildman–Crippen LogP) is 5.98. The van der Waals surface area contributed by atoms with Crippen LogP contribution in [0.4, 0.5) is 8.78 Å². The number of ether oxygens (including phenoxy) is 1. The Morgan fingerprint density at radius 2 is 1.57 bits per heavy atom. The highest BCUT2D eigenvalue weighted by molar-refractivity contribution is 7.98. The first-order valence-corrected chi connectivity index (χ1v) is 17.1. The minimum absolute atomic E-state index is 0.165. The maximum Gasteiger partial charge on any atom is 0.277 e. The van der Waals surface area contributed by atoms with E-state index in [1.54, 1.807) is 12.1 Å². The molecule has 1 saturated heterocycles. The number of halogens is 2. The van der Waals surface area contributed by atoms with E-state index in [4.69, 9.17) is 9.57 Å². The van der Waals surface area contributed by atoms with E-state index in [0.29, 0.717) is 29.6 Å². The molecule has 3 heterocycles. The molecule has 0 saturated carbocycles. The molecule has 11 heteroatoms. The number of nitrogens with zero attached hydrogens (tertiary/aromatic N) is 5. The molecule has 1 atom stereocenters. The van der Waals surface area contributed by atoms with E-state index in [0.717, 1.165) is 91.5 Å². The SMILES string of the molecule is O=c1nc(SCc2ccc(F)cc2)n(CC2=NOC(c3ccc(-c4ccc(CF)cc4)cc3)N2CCN2CCOCC2)c2c1CCC2. The molecule has 1 aliphatic carbocycles. The molecule has 7 rings (SSSR count). The molecular formula is C36H37F2N5O3S. The van der Waals surface area contributed by atoms with Crippen molar-refractivity contribution in [1.82, 2.24) is 19.4 Å². The summed E-state index contributed by atoms with van der Waals surface area (Å²) in [4.78, 5) is 28.3. The molecule has 3 aliphatic rings. The quantitative estimate of drug-likeness (QED) is 0.145. The molecule has 244 valence electrons. The summed E-state index contributed by atoms with van der Waals surface area (Å²) in [5, 5.41) is 5.26. The zero-order valence-corrected chi connectivity index (χ0v) is 26.9. The van der Waals surface area contributed by atoms with E-state index in [1.165, 1.54) is 23.9 Å². The highest BCUT2D eigenvalue weighted by Crippen LogP contribution is 2.33. The van der Waals surface area contributed by atoms with Crippen molar-refractivity contribution >= 4 is 17.6 Å². The molecule has 1 fully saturated rings. The number of hydrogen-bond acceptors (Lipinski definition) is 8. The topological polar surface area (TPSA) is 72.2 Å². The molecule has 3 aromatic carbocycles. The molecule has 0 bridgehead atoms. The van der Waals surface area contributed by atoms with Crippen LogP contribution in [0, 0.1) is 5.82 Å². The van der Waals surface area contributed by atoms with Gasteiger partial charge in [-0.2, -0.15) is 4.98 Å². The fourth-order valence-electron chi connectivity index (χ4n) is 6.39. The molecular weight excluding hydrogens is 620 g/mol. The van der Waals surface area contributed by atoms with Crippen LogP contribution in [0.25, 0.3) is 11.1 Å². The average molecular weight is 658 g/mol. The number of benzene rings is 3. The third-order valence-electron chi connectivity index (χ3n) is 9.05. The zero-order valence-electron chi connectivity index (χ0n) is 26.1. The second-order valence-corrected chi connectivity index (χ2v) is 13.0. The lowest BCUT2D eigenvalue weighted by atomic mass is 10.0. The molecule has 0 radical (unpaired) electrons. The van der Waals surface area contributed by atoms with Crippen LogP contribution in [0.1, 0.15) is 40.6 Å². The highest BCUT2D eigenvalue weighted by Gasteiger charge is 2.33.